The van der Waals surface area contributed by atoms with Gasteiger partial charge >= 0.3 is 5.97 Å². The first-order chi connectivity index (χ1) is 28.6. The monoisotopic (exact) mass is 826 g/mol. The molecule has 0 bridgehead atoms. The maximum Gasteiger partial charge on any atom is 0.326 e. The number of amides is 3. The highest BCUT2D eigenvalue weighted by Crippen LogP contribution is 2.40. The highest BCUT2D eigenvalue weighted by Gasteiger charge is 2.39. The average Bonchev–Trinajstić information content (AvgIpc) is 3.26. The molecule has 0 radical (unpaired) electrons. The van der Waals surface area contributed by atoms with Crippen molar-refractivity contribution in [3.8, 4) is 22.6 Å². The molecule has 59 heavy (non-hydrogen) atoms. The number of rotatable bonds is 11. The number of aliphatic carboxylic acids is 1. The van der Waals surface area contributed by atoms with Gasteiger partial charge in [-0.2, -0.15) is 0 Å². The van der Waals surface area contributed by atoms with E-state index in [-0.39, 0.29) is 37.8 Å². The van der Waals surface area contributed by atoms with E-state index >= 15 is 0 Å². The highest BCUT2D eigenvalue weighted by atomic mass is 35.5. The summed E-state index contributed by atoms with van der Waals surface area (Å²) in [5.41, 5.74) is 6.31. The molecule has 13 heteroatoms. The minimum atomic E-state index is -1.26. The number of anilines is 1. The average molecular weight is 828 g/mol. The number of halogens is 2. The van der Waals surface area contributed by atoms with Gasteiger partial charge in [0.1, 0.15) is 30.2 Å². The van der Waals surface area contributed by atoms with Crippen molar-refractivity contribution >= 4 is 52.6 Å². The molecular formula is C46H36Cl2N4O7. The van der Waals surface area contributed by atoms with E-state index < -0.39 is 30.1 Å². The number of aromatic nitrogens is 1. The number of nitrogens with zero attached hydrogens (tertiary/aromatic N) is 2. The lowest BCUT2D eigenvalue weighted by Gasteiger charge is -2.37. The number of hydrogen-bond donors (Lipinski definition) is 3. The Bertz CT molecular complexity index is 2540. The molecule has 3 amide bonds. The molecule has 3 N–H and O–H groups in total. The molecule has 0 saturated heterocycles. The van der Waals surface area contributed by atoms with Crippen molar-refractivity contribution in [2.45, 2.75) is 44.2 Å². The van der Waals surface area contributed by atoms with Gasteiger partial charge in [0.05, 0.1) is 15.7 Å². The summed E-state index contributed by atoms with van der Waals surface area (Å²) in [6.07, 6.45) is 2.53. The van der Waals surface area contributed by atoms with Gasteiger partial charge in [-0.3, -0.25) is 19.4 Å². The second-order valence-corrected chi connectivity index (χ2v) is 15.1. The molecule has 11 nitrogen and oxygen atoms in total. The second-order valence-electron chi connectivity index (χ2n) is 14.3. The quantitative estimate of drug-likeness (QED) is 0.119. The lowest BCUT2D eigenvalue weighted by atomic mass is 9.91. The largest absolute Gasteiger partial charge is 0.489 e. The zero-order valence-electron chi connectivity index (χ0n) is 31.3. The van der Waals surface area contributed by atoms with Crippen molar-refractivity contribution in [2.24, 2.45) is 0 Å². The molecular weight excluding hydrogens is 791 g/mol. The fourth-order valence-corrected chi connectivity index (χ4v) is 7.54. The van der Waals surface area contributed by atoms with Gasteiger partial charge in [-0.25, -0.2) is 4.79 Å². The molecule has 2 aliphatic heterocycles. The van der Waals surface area contributed by atoms with E-state index in [1.165, 1.54) is 4.90 Å². The summed E-state index contributed by atoms with van der Waals surface area (Å²) in [5, 5.41) is 16.8. The predicted molar refractivity (Wildman–Crippen MR) is 222 cm³/mol. The summed E-state index contributed by atoms with van der Waals surface area (Å²) in [6.45, 7) is 0.305. The molecule has 0 fully saturated rings. The Balaban J connectivity index is 0.997. The number of carbonyl (C=O) groups excluding carboxylic acids is 3. The lowest BCUT2D eigenvalue weighted by Crippen LogP contribution is -2.56. The smallest absolute Gasteiger partial charge is 0.326 e. The van der Waals surface area contributed by atoms with Crippen molar-refractivity contribution in [3.05, 3.63) is 177 Å². The highest BCUT2D eigenvalue weighted by molar-refractivity contribution is 6.42. The topological polar surface area (TPSA) is 147 Å². The molecule has 6 aromatic rings. The summed E-state index contributed by atoms with van der Waals surface area (Å²) in [6, 6.07) is 33.3. The summed E-state index contributed by atoms with van der Waals surface area (Å²) in [7, 11) is 0. The zero-order valence-corrected chi connectivity index (χ0v) is 32.8. The van der Waals surface area contributed by atoms with Crippen molar-refractivity contribution in [1.82, 2.24) is 15.2 Å². The second kappa shape index (κ2) is 17.0. The summed E-state index contributed by atoms with van der Waals surface area (Å²) < 4.78 is 12.2. The molecule has 3 heterocycles. The molecule has 0 spiro atoms. The van der Waals surface area contributed by atoms with Crippen LogP contribution in [0, 0.1) is 0 Å². The molecule has 0 aliphatic carbocycles. The third-order valence-electron chi connectivity index (χ3n) is 10.4. The van der Waals surface area contributed by atoms with E-state index in [4.69, 9.17) is 32.7 Å². The van der Waals surface area contributed by atoms with Gasteiger partial charge in [0.2, 0.25) is 12.0 Å². The first-order valence-electron chi connectivity index (χ1n) is 18.8. The van der Waals surface area contributed by atoms with E-state index in [1.54, 1.807) is 91.3 Å². The van der Waals surface area contributed by atoms with Crippen LogP contribution >= 0.6 is 23.2 Å². The number of nitrogens with one attached hydrogen (secondary N) is 2. The number of pyridine rings is 1. The van der Waals surface area contributed by atoms with Crippen LogP contribution in [0.2, 0.25) is 10.0 Å². The molecule has 296 valence electrons. The van der Waals surface area contributed by atoms with E-state index in [0.717, 1.165) is 22.3 Å². The zero-order chi connectivity index (χ0) is 41.0. The normalized spacial score (nSPS) is 16.1. The van der Waals surface area contributed by atoms with Crippen LogP contribution in [0.4, 0.5) is 5.69 Å². The van der Waals surface area contributed by atoms with Crippen LogP contribution in [0.25, 0.3) is 11.1 Å². The Morgan fingerprint density at radius 2 is 1.56 bits per heavy atom. The number of fused-ring (bicyclic) bond motifs is 2. The van der Waals surface area contributed by atoms with Crippen molar-refractivity contribution < 1.29 is 33.8 Å². The fourth-order valence-electron chi connectivity index (χ4n) is 7.22. The number of carbonyl (C=O) groups is 4. The third-order valence-corrected chi connectivity index (χ3v) is 11.1. The Morgan fingerprint density at radius 3 is 2.27 bits per heavy atom. The first kappa shape index (κ1) is 39.2. The molecule has 0 saturated carbocycles. The van der Waals surface area contributed by atoms with Gasteiger partial charge in [-0.05, 0) is 94.0 Å². The molecule has 5 aromatic carbocycles. The Hall–Kier alpha value is -6.69. The van der Waals surface area contributed by atoms with Crippen LogP contribution in [0.1, 0.15) is 44.3 Å². The van der Waals surface area contributed by atoms with Crippen LogP contribution in [-0.2, 0) is 40.4 Å². The van der Waals surface area contributed by atoms with Gasteiger partial charge in [-0.15, -0.1) is 0 Å². The van der Waals surface area contributed by atoms with Gasteiger partial charge in [0, 0.05) is 42.9 Å². The Morgan fingerprint density at radius 1 is 0.847 bits per heavy atom. The Labute approximate surface area is 349 Å². The minimum Gasteiger partial charge on any atom is -0.489 e. The predicted octanol–water partition coefficient (Wildman–Crippen LogP) is 8.09. The summed E-state index contributed by atoms with van der Waals surface area (Å²) >= 11 is 12.2. The summed E-state index contributed by atoms with van der Waals surface area (Å²) in [5.74, 6) is -1.60. The summed E-state index contributed by atoms with van der Waals surface area (Å²) in [4.78, 5) is 59.6. The molecule has 1 unspecified atom stereocenters. The number of benzene rings is 5. The SMILES string of the molecule is O=C(O)C(Cc1ccc(-c2ccncc2)cc1)NC(=O)[C@@H]1Cc2cc3c(cc2CN1C(=O)c1ccccc1)O[C@@H](c1ccc(OCc2ccc(Cl)c(Cl)c2)cc1)C(=O)N3. The van der Waals surface area contributed by atoms with Crippen molar-refractivity contribution in [1.29, 1.82) is 0 Å². The molecule has 1 aromatic heterocycles. The minimum absolute atomic E-state index is 0.0279. The van der Waals surface area contributed by atoms with Gasteiger partial charge in [0.15, 0.2) is 0 Å². The first-order valence-corrected chi connectivity index (χ1v) is 19.5. The molecule has 3 atom stereocenters. The van der Waals surface area contributed by atoms with E-state index in [2.05, 4.69) is 15.6 Å². The van der Waals surface area contributed by atoms with Gasteiger partial charge in [0.25, 0.3) is 11.8 Å². The van der Waals surface area contributed by atoms with Gasteiger partial charge < -0.3 is 30.1 Å². The number of hydrogen-bond acceptors (Lipinski definition) is 7. The number of carboxylic acids is 1. The van der Waals surface area contributed by atoms with Crippen LogP contribution in [-0.4, -0.2) is 50.8 Å². The Kier molecular flexibility index (Phi) is 11.3. The molecule has 8 rings (SSSR count). The fraction of sp³-hybridized carbons (Fsp3) is 0.152. The van der Waals surface area contributed by atoms with Gasteiger partial charge in [-0.1, -0.05) is 83.9 Å². The van der Waals surface area contributed by atoms with E-state index in [1.807, 2.05) is 42.5 Å². The van der Waals surface area contributed by atoms with Crippen LogP contribution in [0.3, 0.4) is 0 Å². The number of ether oxygens (including phenoxy) is 2. The number of carboxylic acid groups (broad SMARTS) is 1. The standard InChI is InChI=1S/C46H36Cl2N4O7/c47-36-15-8-28(20-37(36)48)26-58-35-13-11-31(12-14-35)42-44(54)50-38-22-33-23-40(52(25-34(33)24-41(38)59-42)45(55)32-4-2-1-3-5-32)43(53)51-39(46(56)57)21-27-6-9-29(10-7-27)30-16-18-49-19-17-30/h1-20,22,24,39-40,42H,21,23,25-26H2,(H,50,54)(H,51,53)(H,56,57)/t39?,40-,42-/m0/s1. The lowest BCUT2D eigenvalue weighted by molar-refractivity contribution is -0.142. The molecule has 2 aliphatic rings. The maximum atomic E-state index is 14.1. The van der Waals surface area contributed by atoms with E-state index in [9.17, 15) is 24.3 Å². The maximum absolute atomic E-state index is 14.1. The van der Waals surface area contributed by atoms with Crippen molar-refractivity contribution in [3.63, 3.8) is 0 Å². The van der Waals surface area contributed by atoms with E-state index in [0.29, 0.717) is 49.5 Å². The third kappa shape index (κ3) is 8.76. The van der Waals surface area contributed by atoms with Crippen LogP contribution < -0.4 is 20.1 Å². The van der Waals surface area contributed by atoms with Crippen LogP contribution in [0.15, 0.2) is 134 Å². The van der Waals surface area contributed by atoms with Crippen LogP contribution in [0.5, 0.6) is 11.5 Å². The van der Waals surface area contributed by atoms with Crippen molar-refractivity contribution in [2.75, 3.05) is 5.32 Å².